The maximum absolute atomic E-state index is 13.3. The number of ether oxygens (including phenoxy) is 2. The van der Waals surface area contributed by atoms with E-state index < -0.39 is 11.1 Å². The third-order valence-corrected chi connectivity index (χ3v) is 16.3. The van der Waals surface area contributed by atoms with Crippen molar-refractivity contribution in [1.82, 2.24) is 0 Å². The molecule has 1 atom stereocenters. The Labute approximate surface area is 435 Å². The summed E-state index contributed by atoms with van der Waals surface area (Å²) in [5.41, 5.74) is 2.61. The highest BCUT2D eigenvalue weighted by molar-refractivity contribution is 9.10. The molecule has 5 rings (SSSR count). The van der Waals surface area contributed by atoms with Crippen molar-refractivity contribution in [3.63, 3.8) is 0 Å². The van der Waals surface area contributed by atoms with Gasteiger partial charge in [0.1, 0.15) is 12.3 Å². The van der Waals surface area contributed by atoms with Gasteiger partial charge in [-0.15, -0.1) is 0 Å². The van der Waals surface area contributed by atoms with Crippen LogP contribution in [0.15, 0.2) is 51.9 Å². The zero-order chi connectivity index (χ0) is 49.0. The van der Waals surface area contributed by atoms with Gasteiger partial charge in [-0.25, -0.2) is 0 Å². The smallest absolute Gasteiger partial charge is 0.306 e. The standard InChI is InChI=1S/C62H96BrClN2O3/c1-5-7-9-11-13-15-17-19-21-23-24-25-26-28-30-32-34-36-38-40-58(67)68-49-52-46-51-47-53(63)41-43-55(51)59-60(52)69-62(50-65-59)61(3,4)56-48-54(64)42-44-57(56)66(62)45-39-37-35-33-31-29-27-22-20-18-16-14-12-10-8-6-2/h41-44,46-48,50H,5-40,45,49H2,1-4H3. The summed E-state index contributed by atoms with van der Waals surface area (Å²) in [4.78, 5) is 21.0. The number of anilines is 1. The first kappa shape index (κ1) is 57.3. The summed E-state index contributed by atoms with van der Waals surface area (Å²) in [6.45, 7) is 10.1. The highest BCUT2D eigenvalue weighted by atomic mass is 79.9. The van der Waals surface area contributed by atoms with Gasteiger partial charge in [0.25, 0.3) is 0 Å². The van der Waals surface area contributed by atoms with Gasteiger partial charge in [-0.2, -0.15) is 0 Å². The number of nitrogens with zero attached hydrogens (tertiary/aromatic N) is 2. The van der Waals surface area contributed by atoms with Gasteiger partial charge in [-0.1, -0.05) is 259 Å². The van der Waals surface area contributed by atoms with E-state index in [9.17, 15) is 4.79 Å². The number of benzene rings is 3. The van der Waals surface area contributed by atoms with Gasteiger partial charge >= 0.3 is 5.97 Å². The molecule has 0 N–H and O–H groups in total. The van der Waals surface area contributed by atoms with Crippen molar-refractivity contribution in [2.24, 2.45) is 4.99 Å². The summed E-state index contributed by atoms with van der Waals surface area (Å²) in [6, 6.07) is 14.7. The Kier molecular flexibility index (Phi) is 27.0. The zero-order valence-electron chi connectivity index (χ0n) is 44.4. The molecule has 0 aromatic heterocycles. The van der Waals surface area contributed by atoms with E-state index in [1.807, 2.05) is 12.3 Å². The number of hydrogen-bond acceptors (Lipinski definition) is 5. The molecule has 2 heterocycles. The van der Waals surface area contributed by atoms with Crippen LogP contribution in [-0.4, -0.2) is 24.5 Å². The van der Waals surface area contributed by atoms with Gasteiger partial charge in [0.15, 0.2) is 5.75 Å². The first-order chi connectivity index (χ1) is 33.7. The number of rotatable bonds is 39. The molecule has 0 radical (unpaired) electrons. The predicted molar refractivity (Wildman–Crippen MR) is 302 cm³/mol. The molecule has 7 heteroatoms. The van der Waals surface area contributed by atoms with Crippen molar-refractivity contribution in [3.05, 3.63) is 63.1 Å². The van der Waals surface area contributed by atoms with Gasteiger partial charge in [0.2, 0.25) is 5.72 Å². The second-order valence-corrected chi connectivity index (χ2v) is 23.0. The van der Waals surface area contributed by atoms with E-state index in [1.165, 1.54) is 211 Å². The van der Waals surface area contributed by atoms with Gasteiger partial charge in [-0.3, -0.25) is 9.79 Å². The summed E-state index contributed by atoms with van der Waals surface area (Å²) in [7, 11) is 0. The first-order valence-electron chi connectivity index (χ1n) is 28.9. The van der Waals surface area contributed by atoms with E-state index >= 15 is 0 Å². The van der Waals surface area contributed by atoms with Gasteiger partial charge in [-0.05, 0) is 74.0 Å². The molecule has 0 bridgehead atoms. The Morgan fingerprint density at radius 1 is 0.609 bits per heavy atom. The maximum Gasteiger partial charge on any atom is 0.306 e. The lowest BCUT2D eigenvalue weighted by molar-refractivity contribution is -0.145. The first-order valence-corrected chi connectivity index (χ1v) is 30.1. The topological polar surface area (TPSA) is 51.1 Å². The van der Waals surface area contributed by atoms with Crippen LogP contribution in [0.25, 0.3) is 10.8 Å². The van der Waals surface area contributed by atoms with Crippen LogP contribution in [0.4, 0.5) is 11.4 Å². The summed E-state index contributed by atoms with van der Waals surface area (Å²) in [5.74, 6) is 0.556. The third kappa shape index (κ3) is 18.5. The van der Waals surface area contributed by atoms with Crippen LogP contribution in [0.2, 0.25) is 5.02 Å². The molecule has 0 saturated carbocycles. The highest BCUT2D eigenvalue weighted by Gasteiger charge is 2.60. The van der Waals surface area contributed by atoms with Crippen LogP contribution in [0.1, 0.15) is 270 Å². The molecule has 0 saturated heterocycles. The van der Waals surface area contributed by atoms with Crippen LogP contribution in [0.3, 0.4) is 0 Å². The molecule has 69 heavy (non-hydrogen) atoms. The number of unbranched alkanes of at least 4 members (excludes halogenated alkanes) is 33. The number of carbonyl (C=O) groups is 1. The quantitative estimate of drug-likeness (QED) is 0.0422. The maximum atomic E-state index is 13.3. The fourth-order valence-corrected chi connectivity index (χ4v) is 11.7. The van der Waals surface area contributed by atoms with E-state index in [2.05, 4.69) is 84.9 Å². The van der Waals surface area contributed by atoms with Gasteiger partial charge in [0, 0.05) is 39.1 Å². The van der Waals surface area contributed by atoms with E-state index in [0.717, 1.165) is 63.0 Å². The number of halogens is 2. The second kappa shape index (κ2) is 32.5. The minimum Gasteiger partial charge on any atom is -0.461 e. The van der Waals surface area contributed by atoms with Crippen molar-refractivity contribution in [2.75, 3.05) is 11.4 Å². The Morgan fingerprint density at radius 3 is 1.57 bits per heavy atom. The van der Waals surface area contributed by atoms with Crippen molar-refractivity contribution in [1.29, 1.82) is 0 Å². The normalized spacial score (nSPS) is 15.8. The third-order valence-electron chi connectivity index (χ3n) is 15.6. The average molecular weight is 1030 g/mol. The Bertz CT molecular complexity index is 1950. The summed E-state index contributed by atoms with van der Waals surface area (Å²) >= 11 is 10.4. The number of carbonyl (C=O) groups excluding carboxylic acids is 1. The monoisotopic (exact) mass is 1030 g/mol. The van der Waals surface area contributed by atoms with Crippen molar-refractivity contribution < 1.29 is 14.3 Å². The minimum absolute atomic E-state index is 0.146. The highest BCUT2D eigenvalue weighted by Crippen LogP contribution is 2.56. The number of hydrogen-bond donors (Lipinski definition) is 0. The fraction of sp³-hybridized carbons (Fsp3) is 0.710. The van der Waals surface area contributed by atoms with E-state index in [-0.39, 0.29) is 12.6 Å². The molecule has 3 aromatic carbocycles. The molecule has 2 aliphatic rings. The molecule has 0 aliphatic carbocycles. The predicted octanol–water partition coefficient (Wildman–Crippen LogP) is 21.0. The van der Waals surface area contributed by atoms with Crippen LogP contribution < -0.4 is 9.64 Å². The summed E-state index contributed by atoms with van der Waals surface area (Å²) < 4.78 is 14.5. The van der Waals surface area contributed by atoms with Crippen molar-refractivity contribution in [3.8, 4) is 5.75 Å². The van der Waals surface area contributed by atoms with E-state index in [1.54, 1.807) is 0 Å². The molecule has 0 amide bonds. The Morgan fingerprint density at radius 2 is 1.07 bits per heavy atom. The molecule has 1 unspecified atom stereocenters. The molecule has 3 aromatic rings. The Balaban J connectivity index is 1.07. The number of fused-ring (bicyclic) bond motifs is 4. The second-order valence-electron chi connectivity index (χ2n) is 21.7. The summed E-state index contributed by atoms with van der Waals surface area (Å²) in [5, 5.41) is 2.78. The van der Waals surface area contributed by atoms with Crippen LogP contribution >= 0.6 is 27.5 Å². The molecular weight excluding hydrogens is 936 g/mol. The molecule has 1 spiro atoms. The van der Waals surface area contributed by atoms with Crippen LogP contribution in [0.5, 0.6) is 5.75 Å². The lowest BCUT2D eigenvalue weighted by Crippen LogP contribution is -2.62. The molecule has 5 nitrogen and oxygen atoms in total. The van der Waals surface area contributed by atoms with E-state index in [0.29, 0.717) is 12.2 Å². The SMILES string of the molecule is CCCCCCCCCCCCCCCCCCCCCC(=O)OCc1cc2cc(Br)ccc2c2c1OC1(C=N2)N(CCCCCCCCCCCCCCCCCC)c2ccc(Cl)cc2C1(C)C. The molecule has 386 valence electrons. The largest absolute Gasteiger partial charge is 0.461 e. The van der Waals surface area contributed by atoms with E-state index in [4.69, 9.17) is 26.1 Å². The lowest BCUT2D eigenvalue weighted by Gasteiger charge is -2.46. The fourth-order valence-electron chi connectivity index (χ4n) is 11.1. The lowest BCUT2D eigenvalue weighted by atomic mass is 9.77. The minimum atomic E-state index is -0.878. The zero-order valence-corrected chi connectivity index (χ0v) is 46.7. The molecular formula is C62H96BrClN2O3. The van der Waals surface area contributed by atoms with Gasteiger partial charge in [0.05, 0.1) is 11.6 Å². The van der Waals surface area contributed by atoms with Crippen LogP contribution in [-0.2, 0) is 21.6 Å². The number of aliphatic imine (C=N–C) groups is 1. The summed E-state index contributed by atoms with van der Waals surface area (Å²) in [6.07, 6.45) is 49.4. The van der Waals surface area contributed by atoms with Gasteiger partial charge < -0.3 is 14.4 Å². The Hall–Kier alpha value is -2.57. The van der Waals surface area contributed by atoms with Crippen LogP contribution in [0, 0.1) is 0 Å². The average Bonchev–Trinajstić information content (AvgIpc) is 3.51. The molecule has 0 fully saturated rings. The molecule has 2 aliphatic heterocycles. The number of esters is 1. The van der Waals surface area contributed by atoms with Crippen molar-refractivity contribution in [2.45, 2.75) is 277 Å². The van der Waals surface area contributed by atoms with Crippen molar-refractivity contribution >= 4 is 61.9 Å².